The van der Waals surface area contributed by atoms with Crippen molar-refractivity contribution in [2.45, 2.75) is 64.6 Å². The predicted octanol–water partition coefficient (Wildman–Crippen LogP) is 3.06. The van der Waals surface area contributed by atoms with E-state index >= 15 is 0 Å². The number of likely N-dealkylation sites (tertiary alicyclic amines) is 1. The van der Waals surface area contributed by atoms with Gasteiger partial charge in [-0.25, -0.2) is 0 Å². The number of nitrogens with zero attached hydrogens (tertiary/aromatic N) is 1. The summed E-state index contributed by atoms with van der Waals surface area (Å²) >= 11 is 0. The van der Waals surface area contributed by atoms with Gasteiger partial charge in [-0.05, 0) is 39.3 Å². The van der Waals surface area contributed by atoms with E-state index in [4.69, 9.17) is 14.5 Å². The number of rotatable bonds is 6. The van der Waals surface area contributed by atoms with Gasteiger partial charge >= 0.3 is 5.97 Å². The van der Waals surface area contributed by atoms with Crippen LogP contribution in [0.5, 0.6) is 0 Å². The average molecular weight is 367 g/mol. The van der Waals surface area contributed by atoms with Crippen LogP contribution in [0.25, 0.3) is 0 Å². The molecule has 3 rings (SSSR count). The molecule has 2 aliphatic rings. The minimum absolute atomic E-state index is 0.188. The predicted molar refractivity (Wildman–Crippen MR) is 99.0 cm³/mol. The van der Waals surface area contributed by atoms with Crippen LogP contribution in [0, 0.1) is 6.92 Å². The summed E-state index contributed by atoms with van der Waals surface area (Å²) in [6.07, 6.45) is 4.44. The molecule has 0 spiro atoms. The Balaban J connectivity index is 0.00000117. The van der Waals surface area contributed by atoms with Crippen molar-refractivity contribution < 1.29 is 24.7 Å². The highest BCUT2D eigenvalue weighted by Crippen LogP contribution is 2.40. The molecule has 148 valence electrons. The minimum atomic E-state index is -1.92. The molecule has 2 atom stereocenters. The Morgan fingerprint density at radius 2 is 1.69 bits per heavy atom. The van der Waals surface area contributed by atoms with Crippen molar-refractivity contribution in [3.05, 3.63) is 35.4 Å². The van der Waals surface area contributed by atoms with Gasteiger partial charge < -0.3 is 19.8 Å². The maximum Gasteiger partial charge on any atom is 0.315 e. The lowest BCUT2D eigenvalue weighted by Crippen LogP contribution is -2.35. The van der Waals surface area contributed by atoms with Gasteiger partial charge in [0.25, 0.3) is 0 Å². The fourth-order valence-electron chi connectivity index (χ4n) is 3.24. The molecule has 0 radical (unpaired) electrons. The molecule has 0 saturated carbocycles. The van der Waals surface area contributed by atoms with Gasteiger partial charge in [0.05, 0.1) is 13.0 Å². The van der Waals surface area contributed by atoms with Gasteiger partial charge in [-0.3, -0.25) is 0 Å². The van der Waals surface area contributed by atoms with Gasteiger partial charge in [0.15, 0.2) is 0 Å². The van der Waals surface area contributed by atoms with E-state index in [1.54, 1.807) is 12.1 Å². The topological polar surface area (TPSA) is 71.4 Å². The third-order valence-electron chi connectivity index (χ3n) is 4.67. The quantitative estimate of drug-likeness (QED) is 0.457. The second kappa shape index (κ2) is 9.78. The van der Waals surface area contributed by atoms with Crippen molar-refractivity contribution in [2.75, 3.05) is 26.2 Å². The van der Waals surface area contributed by atoms with Crippen molar-refractivity contribution in [1.82, 2.24) is 4.90 Å². The van der Waals surface area contributed by atoms with Gasteiger partial charge in [0.1, 0.15) is 0 Å². The highest BCUT2D eigenvalue weighted by Gasteiger charge is 2.52. The number of aryl methyl sites for hydroxylation is 1. The Hall–Kier alpha value is -1.02. The number of hydrogen-bond donors (Lipinski definition) is 2. The molecule has 6 heteroatoms. The Bertz CT molecular complexity index is 532. The van der Waals surface area contributed by atoms with E-state index in [1.807, 2.05) is 32.9 Å². The third-order valence-corrected chi connectivity index (χ3v) is 4.67. The highest BCUT2D eigenvalue weighted by atomic mass is 17.3. The summed E-state index contributed by atoms with van der Waals surface area (Å²) in [6.45, 7) is 9.52. The first-order chi connectivity index (χ1) is 12.5. The third kappa shape index (κ3) is 5.74. The van der Waals surface area contributed by atoms with Crippen LogP contribution >= 0.6 is 0 Å². The first-order valence-corrected chi connectivity index (χ1v) is 9.74. The van der Waals surface area contributed by atoms with Crippen molar-refractivity contribution in [1.29, 1.82) is 0 Å². The molecule has 26 heavy (non-hydrogen) atoms. The Kier molecular flexibility index (Phi) is 8.01. The van der Waals surface area contributed by atoms with Crippen LogP contribution in [0.15, 0.2) is 24.3 Å². The summed E-state index contributed by atoms with van der Waals surface area (Å²) in [6, 6.07) is 7.24. The zero-order chi connectivity index (χ0) is 19.0. The zero-order valence-corrected chi connectivity index (χ0v) is 16.2. The SMILES string of the molecule is CC.Cc1ccc(C2(O)CC(O)(OCCCN3CCCCC3)OO2)cc1. The molecule has 2 saturated heterocycles. The fourth-order valence-corrected chi connectivity index (χ4v) is 3.24. The molecule has 1 aromatic rings. The van der Waals surface area contributed by atoms with E-state index < -0.39 is 11.8 Å². The maximum atomic E-state index is 10.6. The van der Waals surface area contributed by atoms with Gasteiger partial charge in [-0.15, -0.1) is 0 Å². The number of benzene rings is 1. The van der Waals surface area contributed by atoms with E-state index in [9.17, 15) is 10.2 Å². The van der Waals surface area contributed by atoms with Crippen LogP contribution in [-0.2, 0) is 20.3 Å². The summed E-state index contributed by atoms with van der Waals surface area (Å²) in [5.41, 5.74) is 1.60. The summed E-state index contributed by atoms with van der Waals surface area (Å²) in [5.74, 6) is -3.61. The summed E-state index contributed by atoms with van der Waals surface area (Å²) in [4.78, 5) is 12.3. The molecule has 2 aliphatic heterocycles. The Morgan fingerprint density at radius 3 is 2.35 bits per heavy atom. The molecular weight excluding hydrogens is 334 g/mol. The van der Waals surface area contributed by atoms with Crippen LogP contribution in [0.3, 0.4) is 0 Å². The van der Waals surface area contributed by atoms with Crippen LogP contribution in [0.2, 0.25) is 0 Å². The van der Waals surface area contributed by atoms with E-state index in [-0.39, 0.29) is 6.42 Å². The van der Waals surface area contributed by atoms with E-state index in [0.29, 0.717) is 12.2 Å². The van der Waals surface area contributed by atoms with Crippen LogP contribution < -0.4 is 0 Å². The average Bonchev–Trinajstić information content (AvgIpc) is 2.98. The maximum absolute atomic E-state index is 10.6. The Labute approximate surface area is 156 Å². The molecule has 0 aromatic heterocycles. The molecule has 1 aromatic carbocycles. The Morgan fingerprint density at radius 1 is 1.04 bits per heavy atom. The molecule has 2 unspecified atom stereocenters. The minimum Gasteiger partial charge on any atom is -0.359 e. The molecule has 6 nitrogen and oxygen atoms in total. The summed E-state index contributed by atoms with van der Waals surface area (Å²) in [7, 11) is 0. The van der Waals surface area contributed by atoms with Gasteiger partial charge in [0, 0.05) is 12.1 Å². The number of hydrogen-bond acceptors (Lipinski definition) is 6. The van der Waals surface area contributed by atoms with Crippen molar-refractivity contribution in [3.63, 3.8) is 0 Å². The van der Waals surface area contributed by atoms with Crippen molar-refractivity contribution in [3.8, 4) is 0 Å². The fraction of sp³-hybridized carbons (Fsp3) is 0.700. The van der Waals surface area contributed by atoms with Crippen LogP contribution in [-0.4, -0.2) is 47.3 Å². The van der Waals surface area contributed by atoms with Crippen molar-refractivity contribution >= 4 is 0 Å². The largest absolute Gasteiger partial charge is 0.359 e. The van der Waals surface area contributed by atoms with E-state index in [1.165, 1.54) is 19.3 Å². The molecule has 2 fully saturated rings. The normalized spacial score (nSPS) is 29.3. The zero-order valence-electron chi connectivity index (χ0n) is 16.2. The smallest absolute Gasteiger partial charge is 0.315 e. The monoisotopic (exact) mass is 367 g/mol. The van der Waals surface area contributed by atoms with Crippen LogP contribution in [0.1, 0.15) is 57.1 Å². The van der Waals surface area contributed by atoms with E-state index in [0.717, 1.165) is 31.6 Å². The second-order valence-electron chi connectivity index (χ2n) is 6.81. The molecule has 2 heterocycles. The van der Waals surface area contributed by atoms with Crippen molar-refractivity contribution in [2.24, 2.45) is 0 Å². The highest BCUT2D eigenvalue weighted by molar-refractivity contribution is 5.25. The molecular formula is C20H33NO5. The lowest BCUT2D eigenvalue weighted by Gasteiger charge is -2.27. The lowest BCUT2D eigenvalue weighted by molar-refractivity contribution is -0.480. The number of piperidine rings is 1. The van der Waals surface area contributed by atoms with Crippen LogP contribution in [0.4, 0.5) is 0 Å². The molecule has 0 aliphatic carbocycles. The van der Waals surface area contributed by atoms with Gasteiger partial charge in [-0.2, -0.15) is 9.78 Å². The first-order valence-electron chi connectivity index (χ1n) is 9.74. The summed E-state index contributed by atoms with van der Waals surface area (Å²) < 4.78 is 5.44. The first kappa shape index (κ1) is 21.3. The number of aliphatic hydroxyl groups is 2. The molecule has 0 amide bonds. The second-order valence-corrected chi connectivity index (χ2v) is 6.81. The number of ether oxygens (including phenoxy) is 1. The summed E-state index contributed by atoms with van der Waals surface area (Å²) in [5, 5.41) is 20.9. The standard InChI is InChI=1S/C18H27NO5.C2H6/c1-15-6-8-16(9-7-15)17(20)14-18(21,24-23-17)22-13-5-12-19-10-3-2-4-11-19;1-2/h6-9,20-21H,2-5,10-14H2,1H3;1-2H3. The van der Waals surface area contributed by atoms with Gasteiger partial charge in [-0.1, -0.05) is 50.1 Å². The lowest BCUT2D eigenvalue weighted by atomic mass is 10.0. The molecule has 0 bridgehead atoms. The van der Waals surface area contributed by atoms with Gasteiger partial charge in [0.2, 0.25) is 5.79 Å². The van der Waals surface area contributed by atoms with E-state index in [2.05, 4.69) is 4.90 Å². The molecule has 2 N–H and O–H groups in total.